The molecule has 1 aromatic carbocycles. The van der Waals surface area contributed by atoms with Crippen LogP contribution in [0.15, 0.2) is 40.1 Å². The van der Waals surface area contributed by atoms with Crippen molar-refractivity contribution < 1.29 is 8.42 Å². The smallest absolute Gasteiger partial charge is 0.240 e. The van der Waals surface area contributed by atoms with E-state index in [9.17, 15) is 8.42 Å². The van der Waals surface area contributed by atoms with Crippen LogP contribution in [0, 0.1) is 11.3 Å². The minimum atomic E-state index is -3.52. The third-order valence-corrected chi connectivity index (χ3v) is 4.56. The molecule has 2 rings (SSSR count). The molecule has 0 saturated heterocycles. The van der Waals surface area contributed by atoms with Gasteiger partial charge < -0.3 is 0 Å². The lowest BCUT2D eigenvalue weighted by Gasteiger charge is -2.05. The summed E-state index contributed by atoms with van der Waals surface area (Å²) in [6, 6.07) is 7.75. The van der Waals surface area contributed by atoms with Crippen molar-refractivity contribution in [1.82, 2.24) is 9.71 Å². The van der Waals surface area contributed by atoms with Gasteiger partial charge in [-0.25, -0.2) is 18.1 Å². The van der Waals surface area contributed by atoms with Crippen LogP contribution in [0.2, 0.25) is 0 Å². The van der Waals surface area contributed by atoms with Crippen molar-refractivity contribution in [2.24, 2.45) is 0 Å². The Balaban J connectivity index is 1.99. The third kappa shape index (κ3) is 3.61. The van der Waals surface area contributed by atoms with Crippen molar-refractivity contribution in [3.63, 3.8) is 0 Å². The molecule has 0 fully saturated rings. The number of nitriles is 1. The fraction of sp³-hybridized carbons (Fsp3) is 0.167. The summed E-state index contributed by atoms with van der Waals surface area (Å²) in [4.78, 5) is 4.24. The number of nitrogens with zero attached hydrogens (tertiary/aromatic N) is 2. The summed E-state index contributed by atoms with van der Waals surface area (Å²) >= 11 is 1.48. The van der Waals surface area contributed by atoms with Crippen molar-refractivity contribution in [1.29, 1.82) is 5.26 Å². The number of thiazole rings is 1. The zero-order valence-electron chi connectivity index (χ0n) is 9.91. The summed E-state index contributed by atoms with van der Waals surface area (Å²) < 4.78 is 26.4. The molecule has 0 saturated carbocycles. The monoisotopic (exact) mass is 293 g/mol. The fourth-order valence-electron chi connectivity index (χ4n) is 1.47. The average molecular weight is 293 g/mol. The molecule has 19 heavy (non-hydrogen) atoms. The maximum Gasteiger partial charge on any atom is 0.240 e. The predicted octanol–water partition coefficient (Wildman–Crippen LogP) is 1.54. The molecule has 0 aliphatic heterocycles. The Labute approximate surface area is 115 Å². The fourth-order valence-corrected chi connectivity index (χ4v) is 3.09. The molecular weight excluding hydrogens is 282 g/mol. The number of benzene rings is 1. The first-order chi connectivity index (χ1) is 9.12. The first-order valence-electron chi connectivity index (χ1n) is 5.49. The lowest BCUT2D eigenvalue weighted by atomic mass is 10.2. The Morgan fingerprint density at radius 3 is 2.63 bits per heavy atom. The first-order valence-corrected chi connectivity index (χ1v) is 7.91. The molecule has 1 heterocycles. The van der Waals surface area contributed by atoms with E-state index < -0.39 is 10.0 Å². The summed E-state index contributed by atoms with van der Waals surface area (Å²) in [5.41, 5.74) is 3.01. The summed E-state index contributed by atoms with van der Waals surface area (Å²) in [6.07, 6.45) is 0.555. The molecule has 7 heteroatoms. The second-order valence-electron chi connectivity index (χ2n) is 3.76. The Bertz CT molecular complexity index is 671. The molecule has 0 radical (unpaired) electrons. The molecule has 0 atom stereocenters. The molecule has 0 aliphatic carbocycles. The minimum Gasteiger partial charge on any atom is -0.250 e. The number of rotatable bonds is 5. The van der Waals surface area contributed by atoms with Crippen LogP contribution >= 0.6 is 11.3 Å². The average Bonchev–Trinajstić information content (AvgIpc) is 2.92. The van der Waals surface area contributed by atoms with Crippen molar-refractivity contribution in [3.8, 4) is 6.07 Å². The van der Waals surface area contributed by atoms with Crippen LogP contribution in [0.25, 0.3) is 0 Å². The first kappa shape index (κ1) is 13.7. The van der Waals surface area contributed by atoms with Crippen LogP contribution in [0.4, 0.5) is 0 Å². The van der Waals surface area contributed by atoms with Crippen molar-refractivity contribution in [2.75, 3.05) is 6.54 Å². The molecule has 0 spiro atoms. The summed E-state index contributed by atoms with van der Waals surface area (Å²) in [6.45, 7) is 0.298. The van der Waals surface area contributed by atoms with E-state index in [0.29, 0.717) is 18.5 Å². The quantitative estimate of drug-likeness (QED) is 0.906. The van der Waals surface area contributed by atoms with Gasteiger partial charge in [-0.3, -0.25) is 0 Å². The topological polar surface area (TPSA) is 82.8 Å². The molecule has 0 aliphatic rings. The standard InChI is InChI=1S/C12H11N3O2S2/c13-7-10-1-3-12(4-2-10)19(16,17)15-6-5-11-8-18-9-14-11/h1-4,8-9,15H,5-6H2. The van der Waals surface area contributed by atoms with E-state index in [1.54, 1.807) is 5.51 Å². The van der Waals surface area contributed by atoms with Gasteiger partial charge in [0.25, 0.3) is 0 Å². The number of nitrogens with one attached hydrogen (secondary N) is 1. The Morgan fingerprint density at radius 2 is 2.05 bits per heavy atom. The summed E-state index contributed by atoms with van der Waals surface area (Å²) in [5, 5.41) is 10.5. The molecule has 0 unspecified atom stereocenters. The molecule has 0 amide bonds. The van der Waals surface area contributed by atoms with Gasteiger partial charge in [0.2, 0.25) is 10.0 Å². The van der Waals surface area contributed by atoms with Crippen LogP contribution in [-0.2, 0) is 16.4 Å². The van der Waals surface area contributed by atoms with Gasteiger partial charge >= 0.3 is 0 Å². The van der Waals surface area contributed by atoms with Gasteiger partial charge in [0.1, 0.15) is 0 Å². The number of sulfonamides is 1. The lowest BCUT2D eigenvalue weighted by molar-refractivity contribution is 0.581. The predicted molar refractivity (Wildman–Crippen MR) is 72.2 cm³/mol. The molecule has 1 N–H and O–H groups in total. The second-order valence-corrected chi connectivity index (χ2v) is 6.25. The second kappa shape index (κ2) is 5.93. The highest BCUT2D eigenvalue weighted by atomic mass is 32.2. The van der Waals surface area contributed by atoms with E-state index in [4.69, 9.17) is 5.26 Å². The van der Waals surface area contributed by atoms with Crippen LogP contribution < -0.4 is 4.72 Å². The molecule has 5 nitrogen and oxygen atoms in total. The van der Waals surface area contributed by atoms with Gasteiger partial charge in [-0.2, -0.15) is 5.26 Å². The SMILES string of the molecule is N#Cc1ccc(S(=O)(=O)NCCc2cscn2)cc1. The van der Waals surface area contributed by atoms with Crippen LogP contribution in [0.3, 0.4) is 0 Å². The Morgan fingerprint density at radius 1 is 1.32 bits per heavy atom. The Hall–Kier alpha value is -1.75. The molecule has 2 aromatic rings. The minimum absolute atomic E-state index is 0.157. The maximum absolute atomic E-state index is 11.9. The molecule has 1 aromatic heterocycles. The summed E-state index contributed by atoms with van der Waals surface area (Å²) in [5.74, 6) is 0. The van der Waals surface area contributed by atoms with Gasteiger partial charge in [-0.15, -0.1) is 11.3 Å². The maximum atomic E-state index is 11.9. The van der Waals surface area contributed by atoms with Crippen LogP contribution in [0.5, 0.6) is 0 Å². The normalized spacial score (nSPS) is 11.1. The van der Waals surface area contributed by atoms with Gasteiger partial charge in [0.05, 0.1) is 27.7 Å². The van der Waals surface area contributed by atoms with Gasteiger partial charge in [0.15, 0.2) is 0 Å². The number of aromatic nitrogens is 1. The Kier molecular flexibility index (Phi) is 4.27. The highest BCUT2D eigenvalue weighted by Crippen LogP contribution is 2.10. The van der Waals surface area contributed by atoms with E-state index in [1.165, 1.54) is 35.6 Å². The highest BCUT2D eigenvalue weighted by molar-refractivity contribution is 7.89. The highest BCUT2D eigenvalue weighted by Gasteiger charge is 2.13. The van der Waals surface area contributed by atoms with E-state index in [2.05, 4.69) is 9.71 Å². The molecule has 0 bridgehead atoms. The zero-order valence-corrected chi connectivity index (χ0v) is 11.5. The van der Waals surface area contributed by atoms with Gasteiger partial charge in [-0.1, -0.05) is 0 Å². The molecule has 98 valence electrons. The van der Waals surface area contributed by atoms with Crippen molar-refractivity contribution >= 4 is 21.4 Å². The van der Waals surface area contributed by atoms with Crippen molar-refractivity contribution in [3.05, 3.63) is 46.4 Å². The zero-order chi connectivity index (χ0) is 13.7. The number of hydrogen-bond acceptors (Lipinski definition) is 5. The third-order valence-electron chi connectivity index (χ3n) is 2.45. The van der Waals surface area contributed by atoms with E-state index in [-0.39, 0.29) is 4.90 Å². The largest absolute Gasteiger partial charge is 0.250 e. The lowest BCUT2D eigenvalue weighted by Crippen LogP contribution is -2.26. The van der Waals surface area contributed by atoms with E-state index >= 15 is 0 Å². The van der Waals surface area contributed by atoms with Crippen LogP contribution in [-0.4, -0.2) is 19.9 Å². The summed E-state index contributed by atoms with van der Waals surface area (Å²) in [7, 11) is -3.52. The number of hydrogen-bond donors (Lipinski definition) is 1. The van der Waals surface area contributed by atoms with Gasteiger partial charge in [0, 0.05) is 18.3 Å². The van der Waals surface area contributed by atoms with Gasteiger partial charge in [-0.05, 0) is 24.3 Å². The molecular formula is C12H11N3O2S2. The van der Waals surface area contributed by atoms with E-state index in [0.717, 1.165) is 5.69 Å². The van der Waals surface area contributed by atoms with Crippen LogP contribution in [0.1, 0.15) is 11.3 Å². The van der Waals surface area contributed by atoms with E-state index in [1.807, 2.05) is 11.4 Å². The van der Waals surface area contributed by atoms with Crippen molar-refractivity contribution in [2.45, 2.75) is 11.3 Å².